The van der Waals surface area contributed by atoms with Crippen molar-refractivity contribution in [1.29, 1.82) is 0 Å². The van der Waals surface area contributed by atoms with Gasteiger partial charge in [-0.3, -0.25) is 22.4 Å². The third-order valence-corrected chi connectivity index (χ3v) is 17.7. The molecule has 0 bridgehead atoms. The van der Waals surface area contributed by atoms with E-state index >= 15 is 0 Å². The summed E-state index contributed by atoms with van der Waals surface area (Å²) in [7, 11) is 0. The molecule has 0 spiro atoms. The number of halogens is 6. The topological polar surface area (TPSA) is 171 Å². The second kappa shape index (κ2) is 43.3. The number of carbonyl (C=O) groups is 2. The Morgan fingerprint density at radius 3 is 1.36 bits per heavy atom. The molecule has 5 heterocycles. The summed E-state index contributed by atoms with van der Waals surface area (Å²) in [5, 5.41) is 30.6. The standard InChI is InChI=1S/C47H38N2.C12H8F2NO.C11H6F2N.C11H20O2.C8H5F2N3.C6H5NO2.3Ir/c1-47(2)45-33-36(24-23-35-25-28-41(29-26-35)48(37-15-7-3-8-16-37)38-17-9-4-10-18-38)27-31-43(45)44-32-30-42(34-46(44)47)49(39-19-11-5-12-20-39)40-21-13-6-14-22-40;13-9-1-2-10(11(14)6-9)12-5-8(7-16)3-4-15-12;12-8-4-5-9(10(13)7-8)11-3-1-2-6-14-11;1-10(2,3)8(12)7-9(13)11(4,5)6;9-6-4-7(10)8(11-5-6)13-3-1-2-12-13;8-6(9)5-3-1-2-4-7-5;;;/h3-34H,1-2H3;1,3-6,16H,7H2;1-4,6-7H;7,12H,1-6H3;1-5H;1-4H,(H,8,9);;;/q;2*-1;;;;;;/b24-23+;;;;;;;;. The number of benzene rings is 9. The first-order valence-corrected chi connectivity index (χ1v) is 36.2. The number of carboxylic acids is 1. The number of rotatable bonds is 14. The molecule has 0 atom stereocenters. The van der Waals surface area contributed by atoms with E-state index in [-0.39, 0.29) is 112 Å². The van der Waals surface area contributed by atoms with Gasteiger partial charge in [0, 0.05) is 177 Å². The number of anilines is 6. The summed E-state index contributed by atoms with van der Waals surface area (Å²) in [5.41, 5.74) is 15.4. The van der Waals surface area contributed by atoms with E-state index in [0.29, 0.717) is 17.0 Å². The Hall–Kier alpha value is -11.7. The summed E-state index contributed by atoms with van der Waals surface area (Å²) >= 11 is 0. The maximum Gasteiger partial charge on any atom is 0.354 e. The van der Waals surface area contributed by atoms with Crippen LogP contribution in [-0.4, -0.2) is 56.8 Å². The number of para-hydroxylation sites is 4. The smallest absolute Gasteiger partial charge is 0.354 e. The van der Waals surface area contributed by atoms with E-state index in [1.807, 2.05) is 41.5 Å². The first-order valence-electron chi connectivity index (χ1n) is 36.2. The van der Waals surface area contributed by atoms with Crippen molar-refractivity contribution in [2.24, 2.45) is 10.8 Å². The van der Waals surface area contributed by atoms with Crippen molar-refractivity contribution >= 4 is 58.0 Å². The number of carbonyl (C=O) groups excluding carboxylic acids is 1. The zero-order chi connectivity index (χ0) is 81.5. The number of carboxylic acid groups (broad SMARTS) is 1. The minimum Gasteiger partial charge on any atom is -0.512 e. The van der Waals surface area contributed by atoms with Gasteiger partial charge in [-0.1, -0.05) is 224 Å². The van der Waals surface area contributed by atoms with Gasteiger partial charge in [0.05, 0.1) is 12.8 Å². The molecule has 14 aromatic rings. The molecule has 0 amide bonds. The van der Waals surface area contributed by atoms with Crippen LogP contribution < -0.4 is 9.80 Å². The van der Waals surface area contributed by atoms with Gasteiger partial charge in [-0.05, 0) is 153 Å². The molecular formula is C95H82F6Ir3N8O5-2. The fourth-order valence-electron chi connectivity index (χ4n) is 11.6. The number of aromatic nitrogens is 6. The summed E-state index contributed by atoms with van der Waals surface area (Å²) in [6, 6.07) is 89.1. The van der Waals surface area contributed by atoms with E-state index in [1.54, 1.807) is 48.7 Å². The molecule has 22 heteroatoms. The van der Waals surface area contributed by atoms with E-state index in [0.717, 1.165) is 65.0 Å². The van der Waals surface area contributed by atoms with Gasteiger partial charge in [0.15, 0.2) is 17.4 Å². The molecule has 3 N–H and O–H groups in total. The third-order valence-electron chi connectivity index (χ3n) is 17.7. The predicted molar refractivity (Wildman–Crippen MR) is 439 cm³/mol. The molecule has 5 aromatic heterocycles. The molecule has 603 valence electrons. The Morgan fingerprint density at radius 1 is 0.453 bits per heavy atom. The van der Waals surface area contributed by atoms with Gasteiger partial charge in [0.1, 0.15) is 17.3 Å². The molecule has 0 saturated heterocycles. The number of pyridine rings is 4. The monoisotopic (exact) mass is 2110 g/mol. The Morgan fingerprint density at radius 2 is 0.906 bits per heavy atom. The molecule has 1 aliphatic carbocycles. The van der Waals surface area contributed by atoms with Crippen LogP contribution in [0.1, 0.15) is 93.7 Å². The van der Waals surface area contributed by atoms with Crippen molar-refractivity contribution in [3.05, 3.63) is 396 Å². The average molecular weight is 2110 g/mol. The molecule has 9 aromatic carbocycles. The fraction of sp³-hybridized carbons (Fsp3) is 0.126. The molecule has 0 aliphatic heterocycles. The van der Waals surface area contributed by atoms with E-state index < -0.39 is 46.3 Å². The number of ketones is 1. The molecule has 3 radical (unpaired) electrons. The van der Waals surface area contributed by atoms with Crippen molar-refractivity contribution in [1.82, 2.24) is 29.7 Å². The van der Waals surface area contributed by atoms with Crippen LogP contribution in [0.5, 0.6) is 0 Å². The van der Waals surface area contributed by atoms with Gasteiger partial charge in [-0.2, -0.15) is 5.10 Å². The van der Waals surface area contributed by atoms with Crippen LogP contribution in [0, 0.1) is 57.9 Å². The first-order chi connectivity index (χ1) is 54.7. The van der Waals surface area contributed by atoms with Crippen LogP contribution in [0.4, 0.5) is 60.5 Å². The van der Waals surface area contributed by atoms with Crippen LogP contribution in [0.25, 0.3) is 51.6 Å². The second-order valence-corrected chi connectivity index (χ2v) is 28.4. The number of aliphatic hydroxyl groups is 2. The Kier molecular flexibility index (Phi) is 34.2. The Balaban J connectivity index is 0.000000226. The summed E-state index contributed by atoms with van der Waals surface area (Å²) in [5.74, 6) is -5.01. The van der Waals surface area contributed by atoms with E-state index in [1.165, 1.54) is 86.7 Å². The Bertz CT molecular complexity index is 5500. The first kappa shape index (κ1) is 92.5. The average Bonchev–Trinajstić information content (AvgIpc) is 1.58. The molecule has 0 fully saturated rings. The number of aromatic carboxylic acids is 1. The van der Waals surface area contributed by atoms with Crippen LogP contribution >= 0.6 is 0 Å². The normalized spacial score (nSPS) is 11.4. The van der Waals surface area contributed by atoms with Gasteiger partial charge in [0.2, 0.25) is 0 Å². The van der Waals surface area contributed by atoms with Crippen molar-refractivity contribution < 1.29 is 112 Å². The van der Waals surface area contributed by atoms with Gasteiger partial charge >= 0.3 is 5.97 Å². The second-order valence-electron chi connectivity index (χ2n) is 28.4. The largest absolute Gasteiger partial charge is 0.512 e. The predicted octanol–water partition coefficient (Wildman–Crippen LogP) is 23.7. The molecular weight excluding hydrogens is 2020 g/mol. The number of nitrogens with zero attached hydrogens (tertiary/aromatic N) is 8. The van der Waals surface area contributed by atoms with Gasteiger partial charge in [0.25, 0.3) is 0 Å². The van der Waals surface area contributed by atoms with Gasteiger partial charge in [-0.15, -0.1) is 24.3 Å². The minimum absolute atomic E-state index is 0. The third kappa shape index (κ3) is 25.4. The summed E-state index contributed by atoms with van der Waals surface area (Å²) in [4.78, 5) is 41.3. The van der Waals surface area contributed by atoms with Gasteiger partial charge < -0.3 is 35.1 Å². The zero-order valence-electron chi connectivity index (χ0n) is 64.8. The molecule has 117 heavy (non-hydrogen) atoms. The van der Waals surface area contributed by atoms with Crippen molar-refractivity contribution in [3.8, 4) is 39.5 Å². The summed E-state index contributed by atoms with van der Waals surface area (Å²) in [6.45, 7) is 15.7. The molecule has 13 nitrogen and oxygen atoms in total. The number of aliphatic hydroxyl groups excluding tert-OH is 2. The molecule has 1 aliphatic rings. The van der Waals surface area contributed by atoms with Crippen LogP contribution in [0.3, 0.4) is 0 Å². The van der Waals surface area contributed by atoms with Crippen LogP contribution in [0.15, 0.2) is 316 Å². The number of hydrogen-bond acceptors (Lipinski definition) is 11. The maximum absolute atomic E-state index is 13.4. The maximum atomic E-state index is 13.4. The molecule has 0 unspecified atom stereocenters. The van der Waals surface area contributed by atoms with E-state index in [9.17, 15) is 41.0 Å². The number of fused-ring (bicyclic) bond motifs is 3. The van der Waals surface area contributed by atoms with Crippen molar-refractivity contribution in [2.75, 3.05) is 9.80 Å². The summed E-state index contributed by atoms with van der Waals surface area (Å²) < 4.78 is 78.6. The van der Waals surface area contributed by atoms with Crippen LogP contribution in [-0.2, 0) is 77.1 Å². The number of hydrogen-bond donors (Lipinski definition) is 3. The Labute approximate surface area is 718 Å². The minimum atomic E-state index is -0.990. The van der Waals surface area contributed by atoms with E-state index in [2.05, 4.69) is 255 Å². The van der Waals surface area contributed by atoms with E-state index in [4.69, 9.17) is 10.2 Å². The number of allylic oxidation sites excluding steroid dienone is 2. The fourth-order valence-corrected chi connectivity index (χ4v) is 11.6. The molecule has 0 saturated carbocycles. The van der Waals surface area contributed by atoms with Crippen molar-refractivity contribution in [3.63, 3.8) is 0 Å². The van der Waals surface area contributed by atoms with Crippen LogP contribution in [0.2, 0.25) is 0 Å². The van der Waals surface area contributed by atoms with Crippen molar-refractivity contribution in [2.45, 2.75) is 67.4 Å². The summed E-state index contributed by atoms with van der Waals surface area (Å²) in [6.07, 6.45) is 14.2. The van der Waals surface area contributed by atoms with Gasteiger partial charge in [-0.25, -0.2) is 28.2 Å². The molecule has 15 rings (SSSR count). The quantitative estimate of drug-likeness (QED) is 0.0310. The zero-order valence-corrected chi connectivity index (χ0v) is 72.0. The SMILES string of the molecule is CC(C)(C)C(=O)C=C(O)C(C)(C)C.CC1(C)c2cc(/C=C/c3ccc(N(c4ccccc4)c4ccccc4)cc3)ccc2-c2ccc(N(c3ccccc3)c3ccccc3)cc21.Fc1c[c-]c(-c2ccccn2)c(F)c1.Fc1cnc(-n2cccn2)c(F)c1.O=C(O)c1ccccn1.OCc1ccnc(-c2[c-]cc(F)cc2F)c1.[Ir].[Ir].[Ir].